The minimum atomic E-state index is -4.60. The molecule has 4 heterocycles. The molecule has 0 saturated carbocycles. The number of halogens is 4. The Hall–Kier alpha value is -3.28. The van der Waals surface area contributed by atoms with Gasteiger partial charge in [-0.1, -0.05) is 0 Å². The van der Waals surface area contributed by atoms with Crippen molar-refractivity contribution in [2.75, 3.05) is 18.5 Å². The topological polar surface area (TPSA) is 86.9 Å². The highest BCUT2D eigenvalue weighted by molar-refractivity contribution is 5.90. The molecule has 1 aliphatic rings. The largest absolute Gasteiger partial charge is 0.435 e. The van der Waals surface area contributed by atoms with Gasteiger partial charge in [-0.15, -0.1) is 0 Å². The van der Waals surface area contributed by atoms with E-state index in [9.17, 15) is 22.4 Å². The predicted molar refractivity (Wildman–Crippen MR) is 100 cm³/mol. The van der Waals surface area contributed by atoms with Crippen LogP contribution in [0.2, 0.25) is 0 Å². The van der Waals surface area contributed by atoms with Crippen LogP contribution in [0, 0.1) is 12.7 Å². The van der Waals surface area contributed by atoms with Gasteiger partial charge in [0.25, 0.3) is 0 Å². The van der Waals surface area contributed by atoms with Crippen molar-refractivity contribution in [1.82, 2.24) is 24.3 Å². The number of amides is 1. The second kappa shape index (κ2) is 8.10. The fourth-order valence-corrected chi connectivity index (χ4v) is 3.27. The second-order valence-corrected chi connectivity index (χ2v) is 7.17. The van der Waals surface area contributed by atoms with Crippen LogP contribution in [0.25, 0.3) is 5.82 Å². The molecule has 1 atom stereocenters. The minimum absolute atomic E-state index is 0.00778. The molecule has 1 aliphatic heterocycles. The van der Waals surface area contributed by atoms with Crippen LogP contribution in [0.5, 0.6) is 0 Å². The number of hydrogen-bond donors (Lipinski definition) is 1. The zero-order valence-corrected chi connectivity index (χ0v) is 16.4. The summed E-state index contributed by atoms with van der Waals surface area (Å²) >= 11 is 0. The van der Waals surface area contributed by atoms with Gasteiger partial charge in [0.15, 0.2) is 17.3 Å². The lowest BCUT2D eigenvalue weighted by molar-refractivity contribution is -0.141. The number of aromatic nitrogens is 5. The Balaban J connectivity index is 1.44. The molecule has 0 spiro atoms. The number of carbonyl (C=O) groups is 1. The van der Waals surface area contributed by atoms with Gasteiger partial charge in [0.2, 0.25) is 5.91 Å². The van der Waals surface area contributed by atoms with Gasteiger partial charge >= 0.3 is 6.18 Å². The standard InChI is InChI=1S/C19H18F4N6O2/c1-11-4-16(19(21,22)23)27-29(11)8-17(30)26-13-5-14(20)18(24-6-13)28-7-15(25-10-28)12-2-3-31-9-12/h4-7,10,12H,2-3,8-9H2,1H3,(H,26,30). The third-order valence-corrected chi connectivity index (χ3v) is 4.87. The van der Waals surface area contributed by atoms with Crippen molar-refractivity contribution in [3.63, 3.8) is 0 Å². The Morgan fingerprint density at radius 1 is 1.32 bits per heavy atom. The van der Waals surface area contributed by atoms with Crippen LogP contribution in [-0.4, -0.2) is 43.4 Å². The fourth-order valence-electron chi connectivity index (χ4n) is 3.27. The Bertz CT molecular complexity index is 1100. The van der Waals surface area contributed by atoms with Gasteiger partial charge in [-0.3, -0.25) is 14.0 Å². The molecule has 4 rings (SSSR count). The zero-order valence-electron chi connectivity index (χ0n) is 16.4. The van der Waals surface area contributed by atoms with Crippen molar-refractivity contribution in [3.05, 3.63) is 53.8 Å². The van der Waals surface area contributed by atoms with E-state index in [-0.39, 0.29) is 23.1 Å². The first kappa shape index (κ1) is 21.0. The molecule has 0 aromatic carbocycles. The van der Waals surface area contributed by atoms with Crippen LogP contribution in [0.3, 0.4) is 0 Å². The summed E-state index contributed by atoms with van der Waals surface area (Å²) in [6, 6.07) is 1.93. The molecule has 1 saturated heterocycles. The van der Waals surface area contributed by atoms with Crippen molar-refractivity contribution < 1.29 is 27.1 Å². The summed E-state index contributed by atoms with van der Waals surface area (Å²) in [6.45, 7) is 2.18. The van der Waals surface area contributed by atoms with Gasteiger partial charge in [0, 0.05) is 30.5 Å². The summed E-state index contributed by atoms with van der Waals surface area (Å²) in [6.07, 6.45) is 0.634. The van der Waals surface area contributed by atoms with Gasteiger partial charge in [-0.2, -0.15) is 18.3 Å². The Kier molecular flexibility index (Phi) is 5.48. The first-order chi connectivity index (χ1) is 14.7. The molecular formula is C19H18F4N6O2. The highest BCUT2D eigenvalue weighted by Gasteiger charge is 2.34. The highest BCUT2D eigenvalue weighted by Crippen LogP contribution is 2.28. The number of hydrogen-bond acceptors (Lipinski definition) is 5. The third kappa shape index (κ3) is 4.58. The molecule has 31 heavy (non-hydrogen) atoms. The van der Waals surface area contributed by atoms with E-state index in [1.165, 1.54) is 24.0 Å². The maximum Gasteiger partial charge on any atom is 0.435 e. The van der Waals surface area contributed by atoms with Crippen molar-refractivity contribution in [2.45, 2.75) is 32.0 Å². The quantitative estimate of drug-likeness (QED) is 0.619. The molecule has 0 radical (unpaired) electrons. The average Bonchev–Trinajstić information content (AvgIpc) is 3.42. The average molecular weight is 438 g/mol. The molecule has 1 N–H and O–H groups in total. The number of aryl methyl sites for hydroxylation is 1. The maximum atomic E-state index is 14.6. The molecule has 12 heteroatoms. The number of carbonyl (C=O) groups excluding carboxylic acids is 1. The van der Waals surface area contributed by atoms with Gasteiger partial charge in [-0.05, 0) is 19.4 Å². The third-order valence-electron chi connectivity index (χ3n) is 4.87. The van der Waals surface area contributed by atoms with Crippen molar-refractivity contribution in [2.24, 2.45) is 0 Å². The van der Waals surface area contributed by atoms with Crippen molar-refractivity contribution >= 4 is 11.6 Å². The van der Waals surface area contributed by atoms with E-state index in [2.05, 4.69) is 20.4 Å². The SMILES string of the molecule is Cc1cc(C(F)(F)F)nn1CC(=O)Nc1cnc(-n2cnc(C3CCOC3)c2)c(F)c1. The molecule has 1 unspecified atom stereocenters. The summed E-state index contributed by atoms with van der Waals surface area (Å²) in [7, 11) is 0. The monoisotopic (exact) mass is 438 g/mol. The first-order valence-electron chi connectivity index (χ1n) is 9.40. The summed E-state index contributed by atoms with van der Waals surface area (Å²) in [5.74, 6) is -1.20. The van der Waals surface area contributed by atoms with E-state index in [4.69, 9.17) is 4.74 Å². The number of imidazole rings is 1. The number of nitrogens with zero attached hydrogens (tertiary/aromatic N) is 5. The molecule has 1 amide bonds. The van der Waals surface area contributed by atoms with Crippen LogP contribution in [0.4, 0.5) is 23.2 Å². The van der Waals surface area contributed by atoms with Crippen LogP contribution < -0.4 is 5.32 Å². The van der Waals surface area contributed by atoms with Crippen LogP contribution in [0.1, 0.15) is 29.4 Å². The number of rotatable bonds is 5. The first-order valence-corrected chi connectivity index (χ1v) is 9.40. The lowest BCUT2D eigenvalue weighted by atomic mass is 10.1. The molecule has 8 nitrogen and oxygen atoms in total. The second-order valence-electron chi connectivity index (χ2n) is 7.17. The van der Waals surface area contributed by atoms with Crippen LogP contribution in [0.15, 0.2) is 30.9 Å². The maximum absolute atomic E-state index is 14.6. The van der Waals surface area contributed by atoms with Gasteiger partial charge in [0.05, 0.1) is 24.2 Å². The fraction of sp³-hybridized carbons (Fsp3) is 0.368. The molecule has 0 aliphatic carbocycles. The number of alkyl halides is 3. The Morgan fingerprint density at radius 2 is 2.13 bits per heavy atom. The molecular weight excluding hydrogens is 420 g/mol. The van der Waals surface area contributed by atoms with E-state index in [0.29, 0.717) is 13.2 Å². The van der Waals surface area contributed by atoms with E-state index in [1.807, 2.05) is 0 Å². The molecule has 3 aromatic rings. The smallest absolute Gasteiger partial charge is 0.381 e. The Morgan fingerprint density at radius 3 is 2.77 bits per heavy atom. The van der Waals surface area contributed by atoms with E-state index < -0.39 is 30.1 Å². The molecule has 3 aromatic heterocycles. The van der Waals surface area contributed by atoms with Gasteiger partial charge in [-0.25, -0.2) is 14.4 Å². The van der Waals surface area contributed by atoms with Crippen molar-refractivity contribution in [3.8, 4) is 5.82 Å². The Labute approximate surface area is 173 Å². The summed E-state index contributed by atoms with van der Waals surface area (Å²) in [5.41, 5.74) is -0.0648. The van der Waals surface area contributed by atoms with Gasteiger partial charge < -0.3 is 10.1 Å². The van der Waals surface area contributed by atoms with E-state index >= 15 is 0 Å². The van der Waals surface area contributed by atoms with Crippen LogP contribution >= 0.6 is 0 Å². The lowest BCUT2D eigenvalue weighted by Gasteiger charge is -2.09. The zero-order chi connectivity index (χ0) is 22.2. The number of nitrogens with one attached hydrogen (secondary N) is 1. The van der Waals surface area contributed by atoms with E-state index in [1.54, 1.807) is 6.20 Å². The summed E-state index contributed by atoms with van der Waals surface area (Å²) < 4.78 is 60.5. The molecule has 1 fully saturated rings. The summed E-state index contributed by atoms with van der Waals surface area (Å²) in [4.78, 5) is 20.5. The highest BCUT2D eigenvalue weighted by atomic mass is 19.4. The van der Waals surface area contributed by atoms with E-state index in [0.717, 1.165) is 28.9 Å². The minimum Gasteiger partial charge on any atom is -0.381 e. The number of anilines is 1. The van der Waals surface area contributed by atoms with Crippen LogP contribution in [-0.2, 0) is 22.3 Å². The normalized spacial score (nSPS) is 16.6. The number of pyridine rings is 1. The van der Waals surface area contributed by atoms with Crippen molar-refractivity contribution in [1.29, 1.82) is 0 Å². The molecule has 0 bridgehead atoms. The lowest BCUT2D eigenvalue weighted by Crippen LogP contribution is -2.21. The predicted octanol–water partition coefficient (Wildman–Crippen LogP) is 3.07. The number of ether oxygens (including phenoxy) is 1. The molecule has 164 valence electrons. The van der Waals surface area contributed by atoms with Gasteiger partial charge in [0.1, 0.15) is 12.9 Å². The summed E-state index contributed by atoms with van der Waals surface area (Å²) in [5, 5.41) is 5.80.